The minimum absolute atomic E-state index is 0.0484. The monoisotopic (exact) mass is 213 g/mol. The van der Waals surface area contributed by atoms with Gasteiger partial charge in [-0.1, -0.05) is 20.3 Å². The van der Waals surface area contributed by atoms with Gasteiger partial charge in [0.15, 0.2) is 5.78 Å². The van der Waals surface area contributed by atoms with Gasteiger partial charge in [-0.2, -0.15) is 0 Å². The summed E-state index contributed by atoms with van der Waals surface area (Å²) in [6.45, 7) is 3.71. The van der Waals surface area contributed by atoms with Crippen LogP contribution >= 0.6 is 0 Å². The lowest BCUT2D eigenvalue weighted by atomic mass is 9.76. The van der Waals surface area contributed by atoms with Gasteiger partial charge >= 0.3 is 6.09 Å². The van der Waals surface area contributed by atoms with Gasteiger partial charge in [0.25, 0.3) is 0 Å². The summed E-state index contributed by atoms with van der Waals surface area (Å²) in [4.78, 5) is 23.0. The van der Waals surface area contributed by atoms with Gasteiger partial charge in [0.2, 0.25) is 0 Å². The Balaban J connectivity index is 2.60. The van der Waals surface area contributed by atoms with Gasteiger partial charge in [-0.05, 0) is 18.8 Å². The Morgan fingerprint density at radius 3 is 2.27 bits per heavy atom. The summed E-state index contributed by atoms with van der Waals surface area (Å²) in [5.41, 5.74) is 0. The molecular weight excluding hydrogens is 194 g/mol. The van der Waals surface area contributed by atoms with E-state index in [1.165, 1.54) is 7.11 Å². The summed E-state index contributed by atoms with van der Waals surface area (Å²) in [6.07, 6.45) is 2.68. The van der Waals surface area contributed by atoms with Crippen molar-refractivity contribution in [2.45, 2.75) is 39.2 Å². The van der Waals surface area contributed by atoms with Crippen LogP contribution in [0, 0.1) is 11.8 Å². The van der Waals surface area contributed by atoms with Crippen LogP contribution in [0.25, 0.3) is 0 Å². The van der Waals surface area contributed by atoms with Crippen molar-refractivity contribution in [1.29, 1.82) is 0 Å². The van der Waals surface area contributed by atoms with Crippen LogP contribution in [-0.2, 0) is 9.53 Å². The topological polar surface area (TPSA) is 55.4 Å². The Hall–Kier alpha value is -1.06. The molecule has 4 heteroatoms. The first-order valence-electron chi connectivity index (χ1n) is 5.44. The van der Waals surface area contributed by atoms with E-state index in [0.29, 0.717) is 5.92 Å². The maximum Gasteiger partial charge on any atom is 0.407 e. The second-order valence-electron chi connectivity index (χ2n) is 4.36. The highest BCUT2D eigenvalue weighted by molar-refractivity contribution is 5.89. The molecular formula is C11H19NO3. The fourth-order valence-electron chi connectivity index (χ4n) is 1.74. The molecule has 1 aliphatic rings. The molecule has 0 aromatic heterocycles. The predicted molar refractivity (Wildman–Crippen MR) is 56.5 cm³/mol. The van der Waals surface area contributed by atoms with Crippen LogP contribution in [0.4, 0.5) is 4.79 Å². The predicted octanol–water partition coefficient (Wildman–Crippen LogP) is 1.74. The number of methoxy groups -OCH3 is 1. The normalized spacial score (nSPS) is 18.1. The number of hydrogen-bond acceptors (Lipinski definition) is 3. The zero-order valence-electron chi connectivity index (χ0n) is 9.58. The molecule has 0 aromatic rings. The van der Waals surface area contributed by atoms with Crippen LogP contribution in [0.15, 0.2) is 0 Å². The Bertz CT molecular complexity index is 246. The van der Waals surface area contributed by atoms with Crippen LogP contribution in [0.5, 0.6) is 0 Å². The minimum atomic E-state index is -0.513. The van der Waals surface area contributed by atoms with Crippen LogP contribution in [0.1, 0.15) is 33.1 Å². The SMILES string of the molecule is COC(=O)N[C@H](C(=O)C(C)C)C1CCC1. The van der Waals surface area contributed by atoms with Crippen LogP contribution < -0.4 is 5.32 Å². The summed E-state index contributed by atoms with van der Waals surface area (Å²) >= 11 is 0. The van der Waals surface area contributed by atoms with Crippen LogP contribution in [0.3, 0.4) is 0 Å². The zero-order valence-corrected chi connectivity index (χ0v) is 9.58. The van der Waals surface area contributed by atoms with Crippen molar-refractivity contribution >= 4 is 11.9 Å². The second kappa shape index (κ2) is 5.14. The first kappa shape index (κ1) is 12.0. The molecule has 86 valence electrons. The van der Waals surface area contributed by atoms with Crippen molar-refractivity contribution in [3.8, 4) is 0 Å². The molecule has 1 saturated carbocycles. The summed E-state index contributed by atoms with van der Waals surface area (Å²) in [5.74, 6) is 0.358. The number of alkyl carbamates (subject to hydrolysis) is 1. The van der Waals surface area contributed by atoms with Crippen LogP contribution in [0.2, 0.25) is 0 Å². The highest BCUT2D eigenvalue weighted by Crippen LogP contribution is 2.31. The third kappa shape index (κ3) is 2.94. The standard InChI is InChI=1S/C11H19NO3/c1-7(2)10(13)9(8-5-4-6-8)12-11(14)15-3/h7-9H,4-6H2,1-3H3,(H,12,14)/t9-/m0/s1. The molecule has 0 spiro atoms. The van der Waals surface area contributed by atoms with E-state index in [-0.39, 0.29) is 17.7 Å². The molecule has 0 radical (unpaired) electrons. The van der Waals surface area contributed by atoms with Crippen molar-refractivity contribution in [3.63, 3.8) is 0 Å². The quantitative estimate of drug-likeness (QED) is 0.773. The highest BCUT2D eigenvalue weighted by Gasteiger charge is 2.34. The van der Waals surface area contributed by atoms with E-state index in [9.17, 15) is 9.59 Å². The van der Waals surface area contributed by atoms with Crippen LogP contribution in [-0.4, -0.2) is 25.0 Å². The van der Waals surface area contributed by atoms with E-state index in [2.05, 4.69) is 10.1 Å². The molecule has 4 nitrogen and oxygen atoms in total. The number of ether oxygens (including phenoxy) is 1. The molecule has 1 atom stereocenters. The molecule has 0 aliphatic heterocycles. The van der Waals surface area contributed by atoms with E-state index in [0.717, 1.165) is 19.3 Å². The number of hydrogen-bond donors (Lipinski definition) is 1. The van der Waals surface area contributed by atoms with E-state index in [1.54, 1.807) is 0 Å². The highest BCUT2D eigenvalue weighted by atomic mass is 16.5. The molecule has 0 saturated heterocycles. The van der Waals surface area contributed by atoms with Crippen molar-refractivity contribution in [1.82, 2.24) is 5.32 Å². The number of carbonyl (C=O) groups is 2. The maximum atomic E-state index is 11.9. The van der Waals surface area contributed by atoms with E-state index in [4.69, 9.17) is 0 Å². The molecule has 1 rings (SSSR count). The number of amides is 1. The lowest BCUT2D eigenvalue weighted by Gasteiger charge is -2.33. The molecule has 1 fully saturated rings. The van der Waals surface area contributed by atoms with Gasteiger partial charge in [-0.15, -0.1) is 0 Å². The third-order valence-electron chi connectivity index (χ3n) is 2.96. The third-order valence-corrected chi connectivity index (χ3v) is 2.96. The van der Waals surface area contributed by atoms with Crippen molar-refractivity contribution in [2.24, 2.45) is 11.8 Å². The minimum Gasteiger partial charge on any atom is -0.453 e. The molecule has 0 aromatic carbocycles. The number of Topliss-reactive ketones (excluding diaryl/α,β-unsaturated/α-hetero) is 1. The van der Waals surface area contributed by atoms with Crippen molar-refractivity contribution < 1.29 is 14.3 Å². The van der Waals surface area contributed by atoms with Gasteiger partial charge in [0.1, 0.15) is 0 Å². The average molecular weight is 213 g/mol. The average Bonchev–Trinajstić information content (AvgIpc) is 2.12. The number of ketones is 1. The molecule has 1 amide bonds. The molecule has 0 unspecified atom stereocenters. The van der Waals surface area contributed by atoms with Crippen molar-refractivity contribution in [3.05, 3.63) is 0 Å². The first-order chi connectivity index (χ1) is 7.06. The second-order valence-corrected chi connectivity index (χ2v) is 4.36. The largest absolute Gasteiger partial charge is 0.453 e. The molecule has 0 heterocycles. The summed E-state index contributed by atoms with van der Waals surface area (Å²) in [5, 5.41) is 2.64. The number of rotatable bonds is 4. The molecule has 1 N–H and O–H groups in total. The van der Waals surface area contributed by atoms with Gasteiger partial charge in [-0.25, -0.2) is 4.79 Å². The molecule has 0 bridgehead atoms. The zero-order chi connectivity index (χ0) is 11.4. The fraction of sp³-hybridized carbons (Fsp3) is 0.818. The Labute approximate surface area is 90.4 Å². The Morgan fingerprint density at radius 1 is 1.33 bits per heavy atom. The van der Waals surface area contributed by atoms with Gasteiger partial charge < -0.3 is 10.1 Å². The number of nitrogens with one attached hydrogen (secondary N) is 1. The number of carbonyl (C=O) groups excluding carboxylic acids is 2. The van der Waals surface area contributed by atoms with Gasteiger partial charge in [0.05, 0.1) is 13.2 Å². The lowest BCUT2D eigenvalue weighted by Crippen LogP contribution is -2.49. The lowest BCUT2D eigenvalue weighted by molar-refractivity contribution is -0.126. The summed E-state index contributed by atoms with van der Waals surface area (Å²) < 4.78 is 4.53. The van der Waals surface area contributed by atoms with Gasteiger partial charge in [-0.3, -0.25) is 4.79 Å². The molecule has 1 aliphatic carbocycles. The Kier molecular flexibility index (Phi) is 4.12. The van der Waals surface area contributed by atoms with E-state index >= 15 is 0 Å². The maximum absolute atomic E-state index is 11.9. The van der Waals surface area contributed by atoms with Gasteiger partial charge in [0, 0.05) is 5.92 Å². The van der Waals surface area contributed by atoms with E-state index in [1.807, 2.05) is 13.8 Å². The molecule has 15 heavy (non-hydrogen) atoms. The summed E-state index contributed by atoms with van der Waals surface area (Å²) in [6, 6.07) is -0.355. The first-order valence-corrected chi connectivity index (χ1v) is 5.44. The smallest absolute Gasteiger partial charge is 0.407 e. The fourth-order valence-corrected chi connectivity index (χ4v) is 1.74. The summed E-state index contributed by atoms with van der Waals surface area (Å²) in [7, 11) is 1.31. The Morgan fingerprint density at radius 2 is 1.93 bits per heavy atom. The van der Waals surface area contributed by atoms with Crippen molar-refractivity contribution in [2.75, 3.05) is 7.11 Å². The van der Waals surface area contributed by atoms with E-state index < -0.39 is 6.09 Å².